The molecule has 0 saturated heterocycles. The van der Waals surface area contributed by atoms with Crippen LogP contribution in [0.1, 0.15) is 12.5 Å². The van der Waals surface area contributed by atoms with Crippen molar-refractivity contribution in [3.63, 3.8) is 0 Å². The third kappa shape index (κ3) is 4.18. The first-order valence-corrected chi connectivity index (χ1v) is 9.67. The van der Waals surface area contributed by atoms with E-state index in [-0.39, 0.29) is 24.0 Å². The molecule has 4 aromatic rings. The Balaban J connectivity index is 1.57. The number of amides is 1. The Hall–Kier alpha value is -3.65. The van der Waals surface area contributed by atoms with Gasteiger partial charge in [0.25, 0.3) is 5.88 Å². The number of nitrogens with one attached hydrogen (secondary N) is 1. The second-order valence-corrected chi connectivity index (χ2v) is 6.96. The highest BCUT2D eigenvalue weighted by Gasteiger charge is 2.16. The molecule has 1 N–H and O–H groups in total. The molecule has 8 nitrogen and oxygen atoms in total. The van der Waals surface area contributed by atoms with Crippen molar-refractivity contribution in [1.29, 1.82) is 0 Å². The molecule has 0 aliphatic rings. The van der Waals surface area contributed by atoms with Crippen LogP contribution in [0.2, 0.25) is 5.02 Å². The average molecular weight is 424 g/mol. The largest absolute Gasteiger partial charge is 0.436 e. The van der Waals surface area contributed by atoms with Crippen LogP contribution in [0.3, 0.4) is 0 Å². The molecule has 30 heavy (non-hydrogen) atoms. The Morgan fingerprint density at radius 1 is 1.20 bits per heavy atom. The summed E-state index contributed by atoms with van der Waals surface area (Å²) < 4.78 is 8.09. The summed E-state index contributed by atoms with van der Waals surface area (Å²) in [5.41, 5.74) is 1.52. The summed E-state index contributed by atoms with van der Waals surface area (Å²) >= 11 is 5.89. The molecule has 4 rings (SSSR count). The summed E-state index contributed by atoms with van der Waals surface area (Å²) in [5.74, 6) is 0.282. The van der Waals surface area contributed by atoms with Crippen molar-refractivity contribution < 1.29 is 9.53 Å². The summed E-state index contributed by atoms with van der Waals surface area (Å²) in [4.78, 5) is 29.2. The molecule has 1 amide bonds. The van der Waals surface area contributed by atoms with E-state index in [0.717, 1.165) is 16.7 Å². The number of aromatic nitrogens is 4. The van der Waals surface area contributed by atoms with Gasteiger partial charge >= 0.3 is 5.69 Å². The van der Waals surface area contributed by atoms with Gasteiger partial charge in [0.05, 0.1) is 0 Å². The Kier molecular flexibility index (Phi) is 5.49. The maximum atomic E-state index is 12.6. The molecule has 0 spiro atoms. The molecule has 0 fully saturated rings. The number of ether oxygens (including phenoxy) is 1. The van der Waals surface area contributed by atoms with Gasteiger partial charge in [-0.25, -0.2) is 18.9 Å². The summed E-state index contributed by atoms with van der Waals surface area (Å²) in [6, 6.07) is 14.3. The molecule has 9 heteroatoms. The van der Waals surface area contributed by atoms with Gasteiger partial charge in [-0.2, -0.15) is 0 Å². The lowest BCUT2D eigenvalue weighted by Crippen LogP contribution is -2.28. The highest BCUT2D eigenvalue weighted by molar-refractivity contribution is 6.30. The normalized spacial score (nSPS) is 10.9. The van der Waals surface area contributed by atoms with E-state index in [1.807, 2.05) is 25.1 Å². The topological polar surface area (TPSA) is 90.5 Å². The maximum Gasteiger partial charge on any atom is 0.351 e. The number of halogens is 1. The van der Waals surface area contributed by atoms with Crippen LogP contribution >= 0.6 is 11.6 Å². The number of carbonyl (C=O) groups is 1. The number of hydrogen-bond donors (Lipinski definition) is 1. The van der Waals surface area contributed by atoms with Crippen molar-refractivity contribution in [2.75, 3.05) is 5.32 Å². The van der Waals surface area contributed by atoms with Gasteiger partial charge in [0.15, 0.2) is 0 Å². The summed E-state index contributed by atoms with van der Waals surface area (Å²) in [6.07, 6.45) is 3.76. The van der Waals surface area contributed by atoms with Crippen LogP contribution in [0.15, 0.2) is 65.7 Å². The number of fused-ring (bicyclic) bond motifs is 1. The van der Waals surface area contributed by atoms with Crippen LogP contribution in [0.25, 0.3) is 5.65 Å². The molecule has 0 aliphatic carbocycles. The first kappa shape index (κ1) is 19.7. The van der Waals surface area contributed by atoms with Crippen molar-refractivity contribution in [1.82, 2.24) is 19.2 Å². The number of nitrogens with zero attached hydrogens (tertiary/aromatic N) is 4. The fourth-order valence-electron chi connectivity index (χ4n) is 2.92. The quantitative estimate of drug-likeness (QED) is 0.512. The fraction of sp³-hybridized carbons (Fsp3) is 0.143. The SMILES string of the molecule is CCc1cccc(NC(=O)Cn2nc3c(Oc4ccc(Cl)cc4)nccn3c2=O)c1. The standard InChI is InChI=1S/C21H18ClN5O3/c1-2-14-4-3-5-16(12-14)24-18(28)13-27-21(29)26-11-10-23-20(19(26)25-27)30-17-8-6-15(22)7-9-17/h3-12H,2,13H2,1H3,(H,24,28). The van der Waals surface area contributed by atoms with E-state index in [9.17, 15) is 9.59 Å². The second-order valence-electron chi connectivity index (χ2n) is 6.52. The summed E-state index contributed by atoms with van der Waals surface area (Å²) in [6.45, 7) is 1.80. The summed E-state index contributed by atoms with van der Waals surface area (Å²) in [5, 5.41) is 7.60. The number of aryl methyl sites for hydroxylation is 1. The molecule has 0 radical (unpaired) electrons. The lowest BCUT2D eigenvalue weighted by atomic mass is 10.1. The van der Waals surface area contributed by atoms with Crippen LogP contribution in [0.5, 0.6) is 11.6 Å². The van der Waals surface area contributed by atoms with Gasteiger partial charge in [0.2, 0.25) is 11.6 Å². The zero-order valence-corrected chi connectivity index (χ0v) is 16.8. The van der Waals surface area contributed by atoms with Crippen LogP contribution in [-0.4, -0.2) is 25.1 Å². The Bertz CT molecular complexity index is 1260. The predicted octanol–water partition coefficient (Wildman–Crippen LogP) is 3.54. The van der Waals surface area contributed by atoms with Gasteiger partial charge in [-0.05, 0) is 48.4 Å². The Labute approximate surface area is 176 Å². The minimum absolute atomic E-state index is 0.145. The van der Waals surface area contributed by atoms with Crippen LogP contribution < -0.4 is 15.7 Å². The van der Waals surface area contributed by atoms with Crippen molar-refractivity contribution in [3.8, 4) is 11.6 Å². The number of anilines is 1. The lowest BCUT2D eigenvalue weighted by molar-refractivity contribution is -0.117. The molecule has 0 bridgehead atoms. The Morgan fingerprint density at radius 3 is 2.77 bits per heavy atom. The van der Waals surface area contributed by atoms with Crippen LogP contribution in [0.4, 0.5) is 5.69 Å². The van der Waals surface area contributed by atoms with E-state index in [1.165, 1.54) is 16.8 Å². The molecule has 0 atom stereocenters. The van der Waals surface area contributed by atoms with Gasteiger partial charge in [-0.15, -0.1) is 5.10 Å². The fourth-order valence-corrected chi connectivity index (χ4v) is 3.05. The number of rotatable bonds is 6. The molecule has 0 aliphatic heterocycles. The maximum absolute atomic E-state index is 12.6. The monoisotopic (exact) mass is 423 g/mol. The first-order chi connectivity index (χ1) is 14.5. The highest BCUT2D eigenvalue weighted by Crippen LogP contribution is 2.23. The second kappa shape index (κ2) is 8.38. The van der Waals surface area contributed by atoms with Gasteiger partial charge < -0.3 is 10.1 Å². The molecule has 2 aromatic carbocycles. The molecule has 0 unspecified atom stereocenters. The minimum atomic E-state index is -0.467. The van der Waals surface area contributed by atoms with E-state index in [4.69, 9.17) is 16.3 Å². The number of hydrogen-bond acceptors (Lipinski definition) is 5. The van der Waals surface area contributed by atoms with E-state index < -0.39 is 5.69 Å². The smallest absolute Gasteiger partial charge is 0.351 e. The van der Waals surface area contributed by atoms with E-state index in [1.54, 1.807) is 30.3 Å². The van der Waals surface area contributed by atoms with Crippen molar-refractivity contribution >= 4 is 28.8 Å². The zero-order valence-electron chi connectivity index (χ0n) is 16.1. The number of benzene rings is 2. The Morgan fingerprint density at radius 2 is 2.00 bits per heavy atom. The molecule has 0 saturated carbocycles. The third-order valence-corrected chi connectivity index (χ3v) is 4.66. The summed E-state index contributed by atoms with van der Waals surface area (Å²) in [7, 11) is 0. The molecule has 2 aromatic heterocycles. The molecular weight excluding hydrogens is 406 g/mol. The molecular formula is C21H18ClN5O3. The van der Waals surface area contributed by atoms with Gasteiger partial charge in [0, 0.05) is 23.1 Å². The van der Waals surface area contributed by atoms with E-state index in [2.05, 4.69) is 15.4 Å². The van der Waals surface area contributed by atoms with Crippen molar-refractivity contribution in [2.24, 2.45) is 0 Å². The third-order valence-electron chi connectivity index (χ3n) is 4.41. The predicted molar refractivity (Wildman–Crippen MR) is 113 cm³/mol. The van der Waals surface area contributed by atoms with Crippen molar-refractivity contribution in [2.45, 2.75) is 19.9 Å². The van der Waals surface area contributed by atoms with Gasteiger partial charge in [0.1, 0.15) is 12.3 Å². The first-order valence-electron chi connectivity index (χ1n) is 9.30. The van der Waals surface area contributed by atoms with Crippen LogP contribution in [-0.2, 0) is 17.8 Å². The van der Waals surface area contributed by atoms with E-state index >= 15 is 0 Å². The average Bonchev–Trinajstić information content (AvgIpc) is 3.06. The van der Waals surface area contributed by atoms with Crippen molar-refractivity contribution in [3.05, 3.63) is 82.0 Å². The van der Waals surface area contributed by atoms with Gasteiger partial charge in [-0.1, -0.05) is 30.7 Å². The van der Waals surface area contributed by atoms with Crippen LogP contribution in [0, 0.1) is 0 Å². The lowest BCUT2D eigenvalue weighted by Gasteiger charge is -2.06. The molecule has 152 valence electrons. The zero-order chi connectivity index (χ0) is 21.1. The number of carbonyl (C=O) groups excluding carboxylic acids is 1. The minimum Gasteiger partial charge on any atom is -0.436 e. The van der Waals surface area contributed by atoms with Gasteiger partial charge in [-0.3, -0.25) is 4.79 Å². The van der Waals surface area contributed by atoms with E-state index in [0.29, 0.717) is 16.5 Å². The highest BCUT2D eigenvalue weighted by atomic mass is 35.5. The molecule has 2 heterocycles.